The number of aromatic nitrogens is 4. The van der Waals surface area contributed by atoms with Crippen LogP contribution in [0.25, 0.3) is 11.2 Å². The van der Waals surface area contributed by atoms with Gasteiger partial charge in [-0.1, -0.05) is 0 Å². The number of nitrogens with one attached hydrogen (secondary N) is 2. The maximum Gasteiger partial charge on any atom is 0.258 e. The van der Waals surface area contributed by atoms with Crippen molar-refractivity contribution in [2.24, 2.45) is 0 Å². The third-order valence-corrected chi connectivity index (χ3v) is 3.34. The number of fused-ring (bicyclic) bond motifs is 1. The number of nitrogens with zero attached hydrogens (tertiary/aromatic N) is 3. The third-order valence-electron chi connectivity index (χ3n) is 3.34. The zero-order valence-corrected chi connectivity index (χ0v) is 12.6. The molecule has 0 aromatic carbocycles. The van der Waals surface area contributed by atoms with Gasteiger partial charge in [0.25, 0.3) is 5.56 Å². The Hall–Kier alpha value is -3.09. The summed E-state index contributed by atoms with van der Waals surface area (Å²) in [6, 6.07) is 3.84. The zero-order valence-electron chi connectivity index (χ0n) is 12.6. The molecule has 3 rings (SSSR count). The summed E-state index contributed by atoms with van der Waals surface area (Å²) in [6.45, 7) is 3.70. The van der Waals surface area contributed by atoms with Crippen LogP contribution in [0.4, 0.5) is 4.39 Å². The number of aryl methyl sites for hydroxylation is 1. The minimum atomic E-state index is -0.520. The van der Waals surface area contributed by atoms with E-state index in [4.69, 9.17) is 5.41 Å². The second-order valence-electron chi connectivity index (χ2n) is 5.21. The number of allylic oxidation sites excluding steroid dienone is 2. The monoisotopic (exact) mass is 311 g/mol. The summed E-state index contributed by atoms with van der Waals surface area (Å²) in [4.78, 5) is 23.5. The second-order valence-corrected chi connectivity index (χ2v) is 5.21. The van der Waals surface area contributed by atoms with Crippen molar-refractivity contribution in [3.8, 4) is 0 Å². The Morgan fingerprint density at radius 1 is 1.43 bits per heavy atom. The van der Waals surface area contributed by atoms with Gasteiger partial charge in [-0.25, -0.2) is 14.4 Å². The highest BCUT2D eigenvalue weighted by atomic mass is 19.1. The first-order chi connectivity index (χ1) is 10.9. The van der Waals surface area contributed by atoms with Gasteiger partial charge in [0, 0.05) is 24.2 Å². The van der Waals surface area contributed by atoms with Crippen LogP contribution in [-0.2, 0) is 0 Å². The van der Waals surface area contributed by atoms with E-state index in [1.54, 1.807) is 12.3 Å². The minimum absolute atomic E-state index is 0.0838. The van der Waals surface area contributed by atoms with Crippen LogP contribution in [0.2, 0.25) is 0 Å². The first-order valence-electron chi connectivity index (χ1n) is 6.92. The topological polar surface area (TPSA) is 86.9 Å². The Balaban J connectivity index is 2.01. The smallest absolute Gasteiger partial charge is 0.258 e. The standard InChI is InChI=1S/C16H14FN5O/c1-9(16-19-7-10(2)20-16)5-12(18)13-6-15(23)22-8-11(17)3-4-14(22)21-13/h3-8,18H,1-2H3,(H,19,20)/b9-5-,18-12?. The highest BCUT2D eigenvalue weighted by Gasteiger charge is 2.08. The van der Waals surface area contributed by atoms with Gasteiger partial charge in [0.2, 0.25) is 0 Å². The lowest BCUT2D eigenvalue weighted by Gasteiger charge is -2.04. The normalized spacial score (nSPS) is 11.9. The number of H-pyrrole nitrogens is 1. The molecule has 23 heavy (non-hydrogen) atoms. The van der Waals surface area contributed by atoms with Crippen molar-refractivity contribution in [2.45, 2.75) is 13.8 Å². The molecule has 0 atom stereocenters. The van der Waals surface area contributed by atoms with Crippen molar-refractivity contribution in [1.82, 2.24) is 19.4 Å². The summed E-state index contributed by atoms with van der Waals surface area (Å²) in [5, 5.41) is 8.13. The summed E-state index contributed by atoms with van der Waals surface area (Å²) < 4.78 is 14.3. The van der Waals surface area contributed by atoms with Crippen molar-refractivity contribution in [3.63, 3.8) is 0 Å². The van der Waals surface area contributed by atoms with Crippen LogP contribution in [0.15, 0.2) is 41.5 Å². The molecule has 0 unspecified atom stereocenters. The number of halogens is 1. The predicted molar refractivity (Wildman–Crippen MR) is 85.2 cm³/mol. The lowest BCUT2D eigenvalue weighted by atomic mass is 10.1. The average molecular weight is 311 g/mol. The Morgan fingerprint density at radius 3 is 2.91 bits per heavy atom. The summed E-state index contributed by atoms with van der Waals surface area (Å²) in [7, 11) is 0. The quantitative estimate of drug-likeness (QED) is 0.728. The number of hydrogen-bond donors (Lipinski definition) is 2. The van der Waals surface area contributed by atoms with E-state index < -0.39 is 11.4 Å². The number of rotatable bonds is 3. The van der Waals surface area contributed by atoms with Gasteiger partial charge in [-0.3, -0.25) is 14.6 Å². The van der Waals surface area contributed by atoms with Crippen LogP contribution in [-0.4, -0.2) is 25.1 Å². The molecule has 3 aromatic heterocycles. The van der Waals surface area contributed by atoms with E-state index >= 15 is 0 Å². The molecule has 3 aromatic rings. The summed E-state index contributed by atoms with van der Waals surface area (Å²) in [6.07, 6.45) is 4.36. The molecule has 0 saturated heterocycles. The van der Waals surface area contributed by atoms with Gasteiger partial charge in [0.05, 0.1) is 11.4 Å². The molecule has 0 radical (unpaired) electrons. The maximum absolute atomic E-state index is 13.2. The van der Waals surface area contributed by atoms with E-state index in [-0.39, 0.29) is 11.4 Å². The molecule has 0 spiro atoms. The van der Waals surface area contributed by atoms with Gasteiger partial charge in [-0.2, -0.15) is 0 Å². The SMILES string of the molecule is C/C(=C/C(=N)c1cc(=O)n2cc(F)ccc2n1)c1ncc(C)[nH]1. The highest BCUT2D eigenvalue weighted by Crippen LogP contribution is 2.11. The molecule has 0 aliphatic carbocycles. The van der Waals surface area contributed by atoms with Crippen LogP contribution in [0.1, 0.15) is 24.1 Å². The lowest BCUT2D eigenvalue weighted by molar-refractivity contribution is 0.617. The van der Waals surface area contributed by atoms with E-state index in [1.165, 1.54) is 18.2 Å². The van der Waals surface area contributed by atoms with Crippen molar-refractivity contribution < 1.29 is 4.39 Å². The maximum atomic E-state index is 13.2. The van der Waals surface area contributed by atoms with Crippen LogP contribution < -0.4 is 5.56 Å². The molecule has 0 fully saturated rings. The third kappa shape index (κ3) is 2.94. The van der Waals surface area contributed by atoms with Crippen LogP contribution in [0.3, 0.4) is 0 Å². The first-order valence-corrected chi connectivity index (χ1v) is 6.92. The number of imidazole rings is 1. The van der Waals surface area contributed by atoms with Gasteiger partial charge in [0.1, 0.15) is 17.3 Å². The largest absolute Gasteiger partial charge is 0.342 e. The van der Waals surface area contributed by atoms with Crippen molar-refractivity contribution in [1.29, 1.82) is 5.41 Å². The van der Waals surface area contributed by atoms with E-state index in [0.717, 1.165) is 21.9 Å². The van der Waals surface area contributed by atoms with Crippen molar-refractivity contribution >= 4 is 16.9 Å². The minimum Gasteiger partial charge on any atom is -0.342 e. The molecule has 116 valence electrons. The van der Waals surface area contributed by atoms with Gasteiger partial charge in [-0.05, 0) is 37.6 Å². The highest BCUT2D eigenvalue weighted by molar-refractivity contribution is 6.08. The molecule has 0 saturated carbocycles. The summed E-state index contributed by atoms with van der Waals surface area (Å²) >= 11 is 0. The summed E-state index contributed by atoms with van der Waals surface area (Å²) in [5.74, 6) is 0.139. The Kier molecular flexibility index (Phi) is 3.61. The molecule has 3 heterocycles. The molecule has 7 heteroatoms. The van der Waals surface area contributed by atoms with Crippen molar-refractivity contribution in [2.75, 3.05) is 0 Å². The Morgan fingerprint density at radius 2 is 2.22 bits per heavy atom. The van der Waals surface area contributed by atoms with Gasteiger partial charge < -0.3 is 4.98 Å². The average Bonchev–Trinajstić information content (AvgIpc) is 2.94. The fourth-order valence-corrected chi connectivity index (χ4v) is 2.19. The molecule has 0 bridgehead atoms. The molecule has 2 N–H and O–H groups in total. The fourth-order valence-electron chi connectivity index (χ4n) is 2.19. The Bertz CT molecular complexity index is 999. The first kappa shape index (κ1) is 14.8. The van der Waals surface area contributed by atoms with Gasteiger partial charge in [0.15, 0.2) is 0 Å². The molecule has 0 aliphatic heterocycles. The van der Waals surface area contributed by atoms with Crippen LogP contribution in [0, 0.1) is 18.2 Å². The van der Waals surface area contributed by atoms with E-state index in [1.807, 2.05) is 13.8 Å². The van der Waals surface area contributed by atoms with Crippen LogP contribution in [0.5, 0.6) is 0 Å². The predicted octanol–water partition coefficient (Wildman–Crippen LogP) is 2.34. The number of hydrogen-bond acceptors (Lipinski definition) is 4. The molecular formula is C16H14FN5O. The molecule has 6 nitrogen and oxygen atoms in total. The summed E-state index contributed by atoms with van der Waals surface area (Å²) in [5.41, 5.74) is 1.84. The van der Waals surface area contributed by atoms with Gasteiger partial charge in [-0.15, -0.1) is 0 Å². The Labute approximate surface area is 130 Å². The molecule has 0 amide bonds. The fraction of sp³-hybridized carbons (Fsp3) is 0.125. The van der Waals surface area contributed by atoms with Crippen LogP contribution >= 0.6 is 0 Å². The molecule has 0 aliphatic rings. The lowest BCUT2D eigenvalue weighted by Crippen LogP contribution is -2.17. The van der Waals surface area contributed by atoms with E-state index in [9.17, 15) is 9.18 Å². The number of aromatic amines is 1. The van der Waals surface area contributed by atoms with E-state index in [2.05, 4.69) is 15.0 Å². The zero-order chi connectivity index (χ0) is 16.6. The van der Waals surface area contributed by atoms with E-state index in [0.29, 0.717) is 11.5 Å². The molecular weight excluding hydrogens is 297 g/mol. The second kappa shape index (κ2) is 5.60. The van der Waals surface area contributed by atoms with Gasteiger partial charge >= 0.3 is 0 Å². The number of pyridine rings is 1. The van der Waals surface area contributed by atoms with Crippen molar-refractivity contribution in [3.05, 3.63) is 70.1 Å².